The van der Waals surface area contributed by atoms with Crippen LogP contribution in [0.4, 0.5) is 4.39 Å². The van der Waals surface area contributed by atoms with Crippen LogP contribution in [0.25, 0.3) is 0 Å². The molecule has 21 heavy (non-hydrogen) atoms. The lowest BCUT2D eigenvalue weighted by atomic mass is 10.0. The van der Waals surface area contributed by atoms with Crippen molar-refractivity contribution >= 4 is 5.91 Å². The Morgan fingerprint density at radius 2 is 2.00 bits per heavy atom. The highest BCUT2D eigenvalue weighted by Crippen LogP contribution is 2.38. The molecule has 1 N–H and O–H groups in total. The smallest absolute Gasteiger partial charge is 0.241 e. The fourth-order valence-electron chi connectivity index (χ4n) is 3.21. The van der Waals surface area contributed by atoms with Crippen LogP contribution >= 0.6 is 0 Å². The second kappa shape index (κ2) is 5.76. The van der Waals surface area contributed by atoms with Gasteiger partial charge in [-0.1, -0.05) is 26.0 Å². The van der Waals surface area contributed by atoms with Gasteiger partial charge < -0.3 is 4.90 Å². The minimum atomic E-state index is -0.243. The summed E-state index contributed by atoms with van der Waals surface area (Å²) in [4.78, 5) is 14.5. The Bertz CT molecular complexity index is 512. The van der Waals surface area contributed by atoms with Gasteiger partial charge in [-0.15, -0.1) is 0 Å². The summed E-state index contributed by atoms with van der Waals surface area (Å²) in [5.41, 5.74) is 0.962. The van der Waals surface area contributed by atoms with Crippen LogP contribution in [0.3, 0.4) is 0 Å². The van der Waals surface area contributed by atoms with E-state index in [1.165, 1.54) is 25.0 Å². The highest BCUT2D eigenvalue weighted by Gasteiger charge is 2.40. The number of amides is 1. The minimum Gasteiger partial charge on any atom is -0.321 e. The van der Waals surface area contributed by atoms with Gasteiger partial charge in [0.05, 0.1) is 6.04 Å². The number of rotatable bonds is 5. The molecular formula is C17H23FN2O. The molecule has 3 rings (SSSR count). The number of benzene rings is 1. The van der Waals surface area contributed by atoms with Crippen molar-refractivity contribution in [3.05, 3.63) is 35.6 Å². The van der Waals surface area contributed by atoms with Crippen molar-refractivity contribution in [3.63, 3.8) is 0 Å². The summed E-state index contributed by atoms with van der Waals surface area (Å²) in [6.07, 6.45) is 3.24. The zero-order chi connectivity index (χ0) is 15.0. The van der Waals surface area contributed by atoms with Crippen LogP contribution < -0.4 is 5.32 Å². The molecule has 0 aromatic heterocycles. The average Bonchev–Trinajstić information content (AvgIpc) is 3.28. The number of carbonyl (C=O) groups excluding carboxylic acids is 1. The minimum absolute atomic E-state index is 0.119. The summed E-state index contributed by atoms with van der Waals surface area (Å²) in [5, 5.41) is 3.39. The molecule has 1 aromatic carbocycles. The fourth-order valence-corrected chi connectivity index (χ4v) is 3.21. The van der Waals surface area contributed by atoms with Crippen LogP contribution in [0.5, 0.6) is 0 Å². The van der Waals surface area contributed by atoms with E-state index < -0.39 is 0 Å². The van der Waals surface area contributed by atoms with Crippen molar-refractivity contribution in [2.24, 2.45) is 11.8 Å². The molecule has 4 heteroatoms. The molecule has 0 bridgehead atoms. The predicted molar refractivity (Wildman–Crippen MR) is 80.0 cm³/mol. The van der Waals surface area contributed by atoms with Crippen molar-refractivity contribution in [2.75, 3.05) is 6.54 Å². The number of nitrogens with zero attached hydrogens (tertiary/aromatic N) is 1. The van der Waals surface area contributed by atoms with Gasteiger partial charge in [-0.25, -0.2) is 4.39 Å². The molecule has 1 amide bonds. The molecule has 114 valence electrons. The summed E-state index contributed by atoms with van der Waals surface area (Å²) in [6.45, 7) is 5.03. The van der Waals surface area contributed by atoms with E-state index in [4.69, 9.17) is 0 Å². The van der Waals surface area contributed by atoms with Gasteiger partial charge in [-0.3, -0.25) is 10.1 Å². The quantitative estimate of drug-likeness (QED) is 0.904. The molecule has 1 aromatic rings. The number of hydrogen-bond acceptors (Lipinski definition) is 2. The number of carbonyl (C=O) groups is 1. The Morgan fingerprint density at radius 3 is 2.57 bits per heavy atom. The number of halogens is 1. The van der Waals surface area contributed by atoms with Crippen LogP contribution in [-0.2, 0) is 4.79 Å². The van der Waals surface area contributed by atoms with Gasteiger partial charge in [0.1, 0.15) is 12.0 Å². The number of hydrogen-bond donors (Lipinski definition) is 1. The van der Waals surface area contributed by atoms with E-state index in [-0.39, 0.29) is 23.9 Å². The largest absolute Gasteiger partial charge is 0.321 e. The molecule has 1 aliphatic carbocycles. The zero-order valence-corrected chi connectivity index (χ0v) is 12.7. The molecule has 3 atom stereocenters. The summed E-state index contributed by atoms with van der Waals surface area (Å²) in [6, 6.07) is 6.35. The van der Waals surface area contributed by atoms with Crippen molar-refractivity contribution in [2.45, 2.75) is 45.3 Å². The third kappa shape index (κ3) is 2.95. The van der Waals surface area contributed by atoms with Crippen LogP contribution in [-0.4, -0.2) is 23.4 Å². The average molecular weight is 290 g/mol. The van der Waals surface area contributed by atoms with E-state index >= 15 is 0 Å². The predicted octanol–water partition coefficient (Wildman–Crippen LogP) is 3.08. The maximum absolute atomic E-state index is 13.1. The molecule has 3 nitrogen and oxygen atoms in total. The van der Waals surface area contributed by atoms with Crippen molar-refractivity contribution in [1.82, 2.24) is 10.2 Å². The summed E-state index contributed by atoms with van der Waals surface area (Å²) in [7, 11) is 0. The molecule has 0 radical (unpaired) electrons. The lowest BCUT2D eigenvalue weighted by Crippen LogP contribution is -2.35. The second-order valence-corrected chi connectivity index (χ2v) is 6.39. The Kier molecular flexibility index (Phi) is 3.98. The molecule has 2 fully saturated rings. The van der Waals surface area contributed by atoms with Crippen LogP contribution in [0.15, 0.2) is 24.3 Å². The SMILES string of the molecule is CCC1NC(c2ccc(F)cc2)N(CC(C)C2CC2)C1=O. The highest BCUT2D eigenvalue weighted by molar-refractivity contribution is 5.84. The lowest BCUT2D eigenvalue weighted by Gasteiger charge is -2.27. The van der Waals surface area contributed by atoms with Gasteiger partial charge in [0, 0.05) is 6.54 Å². The van der Waals surface area contributed by atoms with E-state index in [0.717, 1.165) is 24.4 Å². The molecule has 1 saturated heterocycles. The normalized spacial score (nSPS) is 27.2. The molecule has 1 aliphatic heterocycles. The van der Waals surface area contributed by atoms with Gasteiger partial charge in [0.2, 0.25) is 5.91 Å². The first-order valence-electron chi connectivity index (χ1n) is 7.92. The zero-order valence-electron chi connectivity index (χ0n) is 12.7. The second-order valence-electron chi connectivity index (χ2n) is 6.39. The Morgan fingerprint density at radius 1 is 1.33 bits per heavy atom. The van der Waals surface area contributed by atoms with Crippen molar-refractivity contribution in [1.29, 1.82) is 0 Å². The molecular weight excluding hydrogens is 267 g/mol. The maximum atomic E-state index is 13.1. The Balaban J connectivity index is 1.81. The third-order valence-corrected chi connectivity index (χ3v) is 4.76. The Labute approximate surface area is 125 Å². The van der Waals surface area contributed by atoms with Gasteiger partial charge in [-0.05, 0) is 48.8 Å². The van der Waals surface area contributed by atoms with Crippen LogP contribution in [0.1, 0.15) is 44.8 Å². The molecule has 3 unspecified atom stereocenters. The van der Waals surface area contributed by atoms with Crippen LogP contribution in [0.2, 0.25) is 0 Å². The summed E-state index contributed by atoms with van der Waals surface area (Å²) < 4.78 is 13.1. The topological polar surface area (TPSA) is 32.3 Å². The van der Waals surface area contributed by atoms with E-state index in [2.05, 4.69) is 12.2 Å². The lowest BCUT2D eigenvalue weighted by molar-refractivity contribution is -0.130. The summed E-state index contributed by atoms with van der Waals surface area (Å²) >= 11 is 0. The standard InChI is InChI=1S/C17H23FN2O/c1-3-15-17(21)20(10-11(2)12-4-5-12)16(19-15)13-6-8-14(18)9-7-13/h6-9,11-12,15-16,19H,3-5,10H2,1-2H3. The molecule has 1 heterocycles. The maximum Gasteiger partial charge on any atom is 0.241 e. The monoisotopic (exact) mass is 290 g/mol. The fraction of sp³-hybridized carbons (Fsp3) is 0.588. The first kappa shape index (κ1) is 14.5. The Hall–Kier alpha value is -1.42. The van der Waals surface area contributed by atoms with Crippen LogP contribution in [0, 0.1) is 17.7 Å². The van der Waals surface area contributed by atoms with E-state index in [1.807, 2.05) is 11.8 Å². The molecule has 0 spiro atoms. The molecule has 1 saturated carbocycles. The highest BCUT2D eigenvalue weighted by atomic mass is 19.1. The first-order chi connectivity index (χ1) is 10.1. The van der Waals surface area contributed by atoms with E-state index in [9.17, 15) is 9.18 Å². The number of nitrogens with one attached hydrogen (secondary N) is 1. The van der Waals surface area contributed by atoms with Gasteiger partial charge >= 0.3 is 0 Å². The van der Waals surface area contributed by atoms with E-state index in [1.54, 1.807) is 12.1 Å². The van der Waals surface area contributed by atoms with E-state index in [0.29, 0.717) is 5.92 Å². The van der Waals surface area contributed by atoms with Gasteiger partial charge in [0.15, 0.2) is 0 Å². The summed E-state index contributed by atoms with van der Waals surface area (Å²) in [5.74, 6) is 1.24. The third-order valence-electron chi connectivity index (χ3n) is 4.76. The van der Waals surface area contributed by atoms with Crippen molar-refractivity contribution < 1.29 is 9.18 Å². The van der Waals surface area contributed by atoms with Gasteiger partial charge in [0.25, 0.3) is 0 Å². The van der Waals surface area contributed by atoms with Gasteiger partial charge in [-0.2, -0.15) is 0 Å². The molecule has 2 aliphatic rings. The first-order valence-corrected chi connectivity index (χ1v) is 7.92. The van der Waals surface area contributed by atoms with Crippen molar-refractivity contribution in [3.8, 4) is 0 Å².